The van der Waals surface area contributed by atoms with E-state index < -0.39 is 17.2 Å². The van der Waals surface area contributed by atoms with Crippen LogP contribution in [-0.4, -0.2) is 35.5 Å². The Labute approximate surface area is 244 Å². The summed E-state index contributed by atoms with van der Waals surface area (Å²) in [6, 6.07) is 12.4. The molecule has 0 unspecified atom stereocenters. The fraction of sp³-hybridized carbons (Fsp3) is 0.457. The largest absolute Gasteiger partial charge is 0.380 e. The van der Waals surface area contributed by atoms with E-state index in [-0.39, 0.29) is 22.6 Å². The Bertz CT molecular complexity index is 1330. The summed E-state index contributed by atoms with van der Waals surface area (Å²) in [6.07, 6.45) is 6.98. The van der Waals surface area contributed by atoms with Gasteiger partial charge in [-0.05, 0) is 88.6 Å². The van der Waals surface area contributed by atoms with E-state index in [9.17, 15) is 13.6 Å². The third kappa shape index (κ3) is 7.53. The van der Waals surface area contributed by atoms with Crippen molar-refractivity contribution < 1.29 is 13.6 Å². The number of carbonyl (C=O) groups is 1. The van der Waals surface area contributed by atoms with Crippen molar-refractivity contribution >= 4 is 11.5 Å². The summed E-state index contributed by atoms with van der Waals surface area (Å²) in [5.41, 5.74) is 3.39. The van der Waals surface area contributed by atoms with E-state index in [0.717, 1.165) is 30.8 Å². The zero-order valence-electron chi connectivity index (χ0n) is 25.2. The first-order valence-electron chi connectivity index (χ1n) is 14.7. The van der Waals surface area contributed by atoms with Gasteiger partial charge in [-0.3, -0.25) is 9.69 Å². The number of halogens is 2. The van der Waals surface area contributed by atoms with Crippen LogP contribution < -0.4 is 10.6 Å². The first-order valence-corrected chi connectivity index (χ1v) is 14.7. The Hall–Kier alpha value is -3.25. The standard InChI is InChI=1S/C35H45F2N3O/c1-23-11-14-30(15-12-23)40-21-35(22-40,20-27(5)38-34(6,7)28-10-8-9-24(2)17-28)39-33(41)26(4)18-25(3)31-16-13-29(36)19-32(31)37/h8-10,13,16-19,23,30,38H,4-5,11-12,14-15,20-22H2,1-3,6-7H3,(H,39,41)/b25-18+. The van der Waals surface area contributed by atoms with Gasteiger partial charge in [0.2, 0.25) is 0 Å². The summed E-state index contributed by atoms with van der Waals surface area (Å²) in [4.78, 5) is 15.9. The van der Waals surface area contributed by atoms with Crippen molar-refractivity contribution in [1.82, 2.24) is 15.5 Å². The summed E-state index contributed by atoms with van der Waals surface area (Å²) in [5, 5.41) is 6.89. The lowest BCUT2D eigenvalue weighted by molar-refractivity contribution is -0.122. The first kappa shape index (κ1) is 30.7. The number of carbonyl (C=O) groups excluding carboxylic acids is 1. The van der Waals surface area contributed by atoms with Crippen molar-refractivity contribution in [3.05, 3.63) is 101 Å². The predicted molar refractivity (Wildman–Crippen MR) is 164 cm³/mol. The molecule has 2 aromatic carbocycles. The fourth-order valence-electron chi connectivity index (χ4n) is 6.37. The molecule has 1 aliphatic heterocycles. The molecule has 1 saturated carbocycles. The molecule has 0 aromatic heterocycles. The molecule has 41 heavy (non-hydrogen) atoms. The van der Waals surface area contributed by atoms with Gasteiger partial charge < -0.3 is 10.6 Å². The maximum absolute atomic E-state index is 14.3. The van der Waals surface area contributed by atoms with Gasteiger partial charge in [0.05, 0.1) is 11.1 Å². The quantitative estimate of drug-likeness (QED) is 0.235. The zero-order chi connectivity index (χ0) is 29.9. The summed E-state index contributed by atoms with van der Waals surface area (Å²) in [7, 11) is 0. The van der Waals surface area contributed by atoms with Gasteiger partial charge in [-0.15, -0.1) is 0 Å². The van der Waals surface area contributed by atoms with Crippen LogP contribution in [0.25, 0.3) is 5.57 Å². The number of benzene rings is 2. The van der Waals surface area contributed by atoms with Crippen LogP contribution in [0.15, 0.2) is 73.0 Å². The highest BCUT2D eigenvalue weighted by atomic mass is 19.1. The number of aryl methyl sites for hydroxylation is 1. The Morgan fingerprint density at radius 2 is 1.78 bits per heavy atom. The molecule has 0 atom stereocenters. The summed E-state index contributed by atoms with van der Waals surface area (Å²) < 4.78 is 27.7. The normalized spacial score (nSPS) is 21.1. The topological polar surface area (TPSA) is 44.4 Å². The van der Waals surface area contributed by atoms with Crippen LogP contribution in [0.4, 0.5) is 8.78 Å². The van der Waals surface area contributed by atoms with E-state index in [1.807, 2.05) is 0 Å². The molecule has 1 aliphatic carbocycles. The van der Waals surface area contributed by atoms with Gasteiger partial charge in [-0.1, -0.05) is 49.9 Å². The summed E-state index contributed by atoms with van der Waals surface area (Å²) in [5.74, 6) is -0.832. The molecular weight excluding hydrogens is 516 g/mol. The van der Waals surface area contributed by atoms with E-state index in [0.29, 0.717) is 18.0 Å². The van der Waals surface area contributed by atoms with Gasteiger partial charge in [-0.2, -0.15) is 0 Å². The number of amides is 1. The number of hydrogen-bond donors (Lipinski definition) is 2. The number of nitrogens with one attached hydrogen (secondary N) is 2. The minimum atomic E-state index is -0.668. The molecule has 220 valence electrons. The third-order valence-electron chi connectivity index (χ3n) is 8.71. The number of allylic oxidation sites excluding steroid dienone is 1. The molecule has 0 bridgehead atoms. The molecule has 4 rings (SSSR count). The molecule has 2 fully saturated rings. The molecule has 2 N–H and O–H groups in total. The molecule has 4 nitrogen and oxygen atoms in total. The Balaban J connectivity index is 1.48. The SMILES string of the molecule is C=C(CC1(NC(=O)C(=C)/C=C(\C)c2ccc(F)cc2F)CN(C2CCC(C)CC2)C1)NC(C)(C)c1cccc(C)c1. The average Bonchev–Trinajstić information content (AvgIpc) is 2.87. The number of rotatable bonds is 10. The number of nitrogens with zero attached hydrogens (tertiary/aromatic N) is 1. The maximum atomic E-state index is 14.3. The predicted octanol–water partition coefficient (Wildman–Crippen LogP) is 7.41. The Kier molecular flexibility index (Phi) is 9.22. The van der Waals surface area contributed by atoms with Crippen LogP contribution in [0.2, 0.25) is 0 Å². The minimum Gasteiger partial charge on any atom is -0.380 e. The molecule has 6 heteroatoms. The van der Waals surface area contributed by atoms with Crippen LogP contribution in [0.5, 0.6) is 0 Å². The highest BCUT2D eigenvalue weighted by Crippen LogP contribution is 2.36. The monoisotopic (exact) mass is 561 g/mol. The first-order chi connectivity index (χ1) is 19.3. The average molecular weight is 562 g/mol. The molecule has 1 amide bonds. The van der Waals surface area contributed by atoms with Crippen LogP contribution >= 0.6 is 0 Å². The molecule has 1 heterocycles. The van der Waals surface area contributed by atoms with E-state index in [4.69, 9.17) is 0 Å². The van der Waals surface area contributed by atoms with Crippen molar-refractivity contribution in [2.45, 2.75) is 83.8 Å². The van der Waals surface area contributed by atoms with Gasteiger partial charge in [0, 0.05) is 48.5 Å². The van der Waals surface area contributed by atoms with Crippen molar-refractivity contribution in [3.8, 4) is 0 Å². The van der Waals surface area contributed by atoms with Crippen molar-refractivity contribution in [3.63, 3.8) is 0 Å². The second kappa shape index (κ2) is 12.3. The molecule has 0 spiro atoms. The fourth-order valence-corrected chi connectivity index (χ4v) is 6.37. The van der Waals surface area contributed by atoms with Gasteiger partial charge in [0.1, 0.15) is 11.6 Å². The second-order valence-electron chi connectivity index (χ2n) is 12.9. The Morgan fingerprint density at radius 1 is 1.10 bits per heavy atom. The van der Waals surface area contributed by atoms with Crippen molar-refractivity contribution in [2.24, 2.45) is 5.92 Å². The lowest BCUT2D eigenvalue weighted by Crippen LogP contribution is -2.72. The van der Waals surface area contributed by atoms with Gasteiger partial charge in [-0.25, -0.2) is 8.78 Å². The van der Waals surface area contributed by atoms with Crippen LogP contribution in [0.1, 0.15) is 76.5 Å². The lowest BCUT2D eigenvalue weighted by Gasteiger charge is -2.55. The molecule has 1 saturated heterocycles. The smallest absolute Gasteiger partial charge is 0.251 e. The van der Waals surface area contributed by atoms with E-state index >= 15 is 0 Å². The van der Waals surface area contributed by atoms with Gasteiger partial charge in [0.15, 0.2) is 0 Å². The van der Waals surface area contributed by atoms with Gasteiger partial charge >= 0.3 is 0 Å². The van der Waals surface area contributed by atoms with E-state index in [1.165, 1.54) is 48.9 Å². The van der Waals surface area contributed by atoms with Crippen molar-refractivity contribution in [1.29, 1.82) is 0 Å². The zero-order valence-corrected chi connectivity index (χ0v) is 25.2. The third-order valence-corrected chi connectivity index (χ3v) is 8.71. The Morgan fingerprint density at radius 3 is 2.41 bits per heavy atom. The molecule has 2 aliphatic rings. The van der Waals surface area contributed by atoms with E-state index in [2.05, 4.69) is 80.7 Å². The van der Waals surface area contributed by atoms with E-state index in [1.54, 1.807) is 13.0 Å². The van der Waals surface area contributed by atoms with Crippen LogP contribution in [-0.2, 0) is 10.3 Å². The highest BCUT2D eigenvalue weighted by Gasteiger charge is 2.47. The summed E-state index contributed by atoms with van der Waals surface area (Å²) in [6.45, 7) is 20.2. The molecule has 0 radical (unpaired) electrons. The second-order valence-corrected chi connectivity index (χ2v) is 12.9. The van der Waals surface area contributed by atoms with Crippen LogP contribution in [0, 0.1) is 24.5 Å². The van der Waals surface area contributed by atoms with Gasteiger partial charge in [0.25, 0.3) is 5.91 Å². The maximum Gasteiger partial charge on any atom is 0.251 e. The highest BCUT2D eigenvalue weighted by molar-refractivity contribution is 5.98. The number of hydrogen-bond acceptors (Lipinski definition) is 3. The molecule has 2 aromatic rings. The minimum absolute atomic E-state index is 0.231. The van der Waals surface area contributed by atoms with Crippen molar-refractivity contribution in [2.75, 3.05) is 13.1 Å². The number of likely N-dealkylation sites (tertiary alicyclic amines) is 1. The lowest BCUT2D eigenvalue weighted by atomic mass is 9.79. The van der Waals surface area contributed by atoms with Crippen LogP contribution in [0.3, 0.4) is 0 Å². The molecular formula is C35H45F2N3O. The summed E-state index contributed by atoms with van der Waals surface area (Å²) >= 11 is 0.